The summed E-state index contributed by atoms with van der Waals surface area (Å²) >= 11 is 0. The van der Waals surface area contributed by atoms with Crippen LogP contribution in [-0.4, -0.2) is 22.6 Å². The molecule has 10 rings (SSSR count). The zero-order valence-corrected chi connectivity index (χ0v) is 29.6. The molecule has 1 aliphatic rings. The van der Waals surface area contributed by atoms with Crippen LogP contribution in [0.5, 0.6) is 11.5 Å². The number of benzene rings is 6. The van der Waals surface area contributed by atoms with Crippen LogP contribution in [0.3, 0.4) is 0 Å². The number of alkyl halides is 1. The summed E-state index contributed by atoms with van der Waals surface area (Å²) in [7, 11) is -2.90. The van der Waals surface area contributed by atoms with Crippen LogP contribution in [0.15, 0.2) is 188 Å². The van der Waals surface area contributed by atoms with Crippen LogP contribution in [0.4, 0.5) is 4.39 Å². The van der Waals surface area contributed by atoms with Crippen molar-refractivity contribution >= 4 is 50.8 Å². The second-order valence-electron chi connectivity index (χ2n) is 13.5. The molecule has 0 saturated carbocycles. The normalized spacial score (nSPS) is 13.6. The number of pyridine rings is 2. The maximum Gasteiger partial charge on any atom is 0.188 e. The van der Waals surface area contributed by atoms with Crippen molar-refractivity contribution in [2.24, 2.45) is 0 Å². The van der Waals surface area contributed by atoms with Crippen molar-refractivity contribution in [3.8, 4) is 28.4 Å². The van der Waals surface area contributed by atoms with E-state index in [4.69, 9.17) is 9.72 Å². The third-order valence-corrected chi connectivity index (χ3v) is 15.3. The molecule has 4 heterocycles. The molecule has 0 aliphatic carbocycles. The van der Waals surface area contributed by atoms with E-state index in [1.165, 1.54) is 15.6 Å². The van der Waals surface area contributed by atoms with Gasteiger partial charge in [0.15, 0.2) is 14.2 Å². The lowest BCUT2D eigenvalue weighted by Crippen LogP contribution is -2.76. The van der Waals surface area contributed by atoms with Gasteiger partial charge in [-0.1, -0.05) is 115 Å². The Morgan fingerprint density at radius 1 is 0.528 bits per heavy atom. The van der Waals surface area contributed by atoms with Crippen LogP contribution in [-0.2, 0) is 0 Å². The molecular formula is C47H32FN3OSi. The molecule has 9 aromatic rings. The molecule has 1 unspecified atom stereocenters. The van der Waals surface area contributed by atoms with Gasteiger partial charge in [-0.2, -0.15) is 0 Å². The van der Waals surface area contributed by atoms with Gasteiger partial charge in [0.25, 0.3) is 0 Å². The van der Waals surface area contributed by atoms with E-state index in [2.05, 4.69) is 107 Å². The molecule has 4 nitrogen and oxygen atoms in total. The van der Waals surface area contributed by atoms with E-state index >= 15 is 4.39 Å². The van der Waals surface area contributed by atoms with Gasteiger partial charge < -0.3 is 4.74 Å². The summed E-state index contributed by atoms with van der Waals surface area (Å²) in [4.78, 5) is 9.41. The van der Waals surface area contributed by atoms with Crippen LogP contribution < -0.4 is 25.5 Å². The number of para-hydroxylation sites is 1. The minimum absolute atomic E-state index is 0.569. The van der Waals surface area contributed by atoms with Gasteiger partial charge in [-0.15, -0.1) is 0 Å². The molecular weight excluding hydrogens is 670 g/mol. The molecule has 6 heteroatoms. The summed E-state index contributed by atoms with van der Waals surface area (Å²) in [5.41, 5.74) is 5.48. The van der Waals surface area contributed by atoms with Gasteiger partial charge in [-0.25, -0.2) is 9.37 Å². The van der Waals surface area contributed by atoms with Gasteiger partial charge >= 0.3 is 0 Å². The maximum atomic E-state index is 16.6. The number of nitrogens with zero attached hydrogens (tertiary/aromatic N) is 3. The van der Waals surface area contributed by atoms with Crippen LogP contribution in [0, 0.1) is 0 Å². The lowest BCUT2D eigenvalue weighted by molar-refractivity contribution is 0.402. The molecule has 0 fully saturated rings. The fourth-order valence-electron chi connectivity index (χ4n) is 8.20. The monoisotopic (exact) mass is 701 g/mol. The Bertz CT molecular complexity index is 2750. The Morgan fingerprint density at radius 3 is 2.00 bits per heavy atom. The molecule has 0 radical (unpaired) electrons. The Kier molecular flexibility index (Phi) is 7.37. The first-order chi connectivity index (χ1) is 26.2. The summed E-state index contributed by atoms with van der Waals surface area (Å²) in [6.45, 7) is 0. The zero-order valence-electron chi connectivity index (χ0n) is 28.6. The van der Waals surface area contributed by atoms with Crippen molar-refractivity contribution in [2.45, 2.75) is 6.17 Å². The largest absolute Gasteiger partial charge is 0.458 e. The Hall–Kier alpha value is -6.63. The van der Waals surface area contributed by atoms with Crippen molar-refractivity contribution in [1.29, 1.82) is 0 Å². The Labute approximate surface area is 307 Å². The number of hydrogen-bond acceptors (Lipinski definition) is 3. The van der Waals surface area contributed by atoms with Gasteiger partial charge in [0.1, 0.15) is 17.1 Å². The van der Waals surface area contributed by atoms with Crippen molar-refractivity contribution < 1.29 is 9.13 Å². The molecule has 0 amide bonds. The van der Waals surface area contributed by atoms with E-state index in [1.807, 2.05) is 85.1 Å². The standard InChI is InChI=1S/C47H32FN3OSi/c48-46(33-15-11-14-32(28-33)40-23-9-10-26-49-40)34-16-12-17-35(29-34)51-41-31-45-43(30-39(41)38-22-13-27-50-47(38)51)52-42-24-7-8-25-44(42)53(45,36-18-3-1-4-19-36)37-20-5-2-6-21-37/h1-31,46H. The first kappa shape index (κ1) is 31.1. The molecule has 6 aromatic carbocycles. The highest BCUT2D eigenvalue weighted by molar-refractivity contribution is 7.20. The first-order valence-corrected chi connectivity index (χ1v) is 19.8. The molecule has 1 aliphatic heterocycles. The van der Waals surface area contributed by atoms with Crippen molar-refractivity contribution in [1.82, 2.24) is 14.5 Å². The lowest BCUT2D eigenvalue weighted by Gasteiger charge is -2.39. The summed E-state index contributed by atoms with van der Waals surface area (Å²) < 4.78 is 25.6. The summed E-state index contributed by atoms with van der Waals surface area (Å²) in [6, 6.07) is 60.0. The van der Waals surface area contributed by atoms with Crippen LogP contribution in [0.25, 0.3) is 38.9 Å². The van der Waals surface area contributed by atoms with Crippen molar-refractivity contribution in [3.05, 3.63) is 199 Å². The van der Waals surface area contributed by atoms with Crippen LogP contribution in [0.1, 0.15) is 17.3 Å². The molecule has 1 atom stereocenters. The van der Waals surface area contributed by atoms with Gasteiger partial charge in [0, 0.05) is 34.4 Å². The number of aromatic nitrogens is 3. The average molecular weight is 702 g/mol. The number of halogens is 1. The molecule has 3 aromatic heterocycles. The molecule has 0 saturated heterocycles. The van der Waals surface area contributed by atoms with E-state index in [9.17, 15) is 0 Å². The third-order valence-electron chi connectivity index (χ3n) is 10.5. The summed E-state index contributed by atoms with van der Waals surface area (Å²) in [5.74, 6) is 1.73. The average Bonchev–Trinajstić information content (AvgIpc) is 3.56. The molecule has 0 spiro atoms. The molecule has 53 heavy (non-hydrogen) atoms. The van der Waals surface area contributed by atoms with Crippen molar-refractivity contribution in [2.75, 3.05) is 0 Å². The Balaban J connectivity index is 1.20. The number of hydrogen-bond donors (Lipinski definition) is 0. The molecule has 0 N–H and O–H groups in total. The second-order valence-corrected chi connectivity index (χ2v) is 17.2. The second kappa shape index (κ2) is 12.5. The zero-order chi connectivity index (χ0) is 35.4. The minimum atomic E-state index is -2.90. The van der Waals surface area contributed by atoms with Crippen LogP contribution >= 0.6 is 0 Å². The predicted molar refractivity (Wildman–Crippen MR) is 215 cm³/mol. The topological polar surface area (TPSA) is 39.9 Å². The first-order valence-electron chi connectivity index (χ1n) is 17.8. The number of rotatable bonds is 6. The van der Waals surface area contributed by atoms with E-state index in [0.717, 1.165) is 55.6 Å². The number of ether oxygens (including phenoxy) is 1. The quantitative estimate of drug-likeness (QED) is 0.163. The Morgan fingerprint density at radius 2 is 1.23 bits per heavy atom. The highest BCUT2D eigenvalue weighted by Crippen LogP contribution is 2.38. The summed E-state index contributed by atoms with van der Waals surface area (Å²) in [6.07, 6.45) is 2.24. The molecule has 252 valence electrons. The number of fused-ring (bicyclic) bond motifs is 5. The fraction of sp³-hybridized carbons (Fsp3) is 0.0213. The van der Waals surface area contributed by atoms with Crippen LogP contribution in [0.2, 0.25) is 0 Å². The van der Waals surface area contributed by atoms with E-state index < -0.39 is 14.2 Å². The van der Waals surface area contributed by atoms with Gasteiger partial charge in [-0.05, 0) is 92.5 Å². The smallest absolute Gasteiger partial charge is 0.188 e. The highest BCUT2D eigenvalue weighted by Gasteiger charge is 2.48. The van der Waals surface area contributed by atoms with E-state index in [1.54, 1.807) is 6.20 Å². The predicted octanol–water partition coefficient (Wildman–Crippen LogP) is 8.78. The van der Waals surface area contributed by atoms with Crippen molar-refractivity contribution in [3.63, 3.8) is 0 Å². The minimum Gasteiger partial charge on any atom is -0.458 e. The maximum absolute atomic E-state index is 16.6. The SMILES string of the molecule is FC(c1cccc(-c2ccccn2)c1)c1cccc(-n2c3cc4c(cc3c3cccnc32)Oc2ccccc2[Si]4(c2ccccc2)c2ccccc2)c1. The highest BCUT2D eigenvalue weighted by atomic mass is 28.3. The lowest BCUT2D eigenvalue weighted by atomic mass is 9.99. The van der Waals surface area contributed by atoms with Gasteiger partial charge in [-0.3, -0.25) is 9.55 Å². The van der Waals surface area contributed by atoms with Gasteiger partial charge in [0.2, 0.25) is 0 Å². The summed E-state index contributed by atoms with van der Waals surface area (Å²) in [5, 5.41) is 6.96. The van der Waals surface area contributed by atoms with E-state index in [-0.39, 0.29) is 0 Å². The fourth-order valence-corrected chi connectivity index (χ4v) is 13.2. The third kappa shape index (κ3) is 4.94. The van der Waals surface area contributed by atoms with E-state index in [0.29, 0.717) is 11.1 Å². The van der Waals surface area contributed by atoms with Gasteiger partial charge in [0.05, 0.1) is 11.2 Å². The molecule has 0 bridgehead atoms.